The van der Waals surface area contributed by atoms with Gasteiger partial charge >= 0.3 is 0 Å². The first kappa shape index (κ1) is 19.3. The number of rotatable bonds is 7. The number of nitrogens with zero attached hydrogens (tertiary/aromatic N) is 1. The molecule has 0 atom stereocenters. The number of carbonyl (C=O) groups is 1. The predicted molar refractivity (Wildman–Crippen MR) is 113 cm³/mol. The lowest BCUT2D eigenvalue weighted by atomic mass is 10.1. The zero-order chi connectivity index (χ0) is 20.4. The highest BCUT2D eigenvalue weighted by Gasteiger charge is 2.34. The van der Waals surface area contributed by atoms with E-state index in [1.165, 1.54) is 4.31 Å². The first-order chi connectivity index (χ1) is 14.0. The van der Waals surface area contributed by atoms with Crippen LogP contribution in [-0.4, -0.2) is 28.0 Å². The van der Waals surface area contributed by atoms with E-state index in [9.17, 15) is 13.2 Å². The molecule has 1 heterocycles. The van der Waals surface area contributed by atoms with Crippen molar-refractivity contribution >= 4 is 32.4 Å². The largest absolute Gasteiger partial charge is 0.496 e. The second-order valence-electron chi connectivity index (χ2n) is 6.90. The Morgan fingerprint density at radius 2 is 1.79 bits per heavy atom. The summed E-state index contributed by atoms with van der Waals surface area (Å²) in [6, 6.07) is 18.4. The van der Waals surface area contributed by atoms with Crippen molar-refractivity contribution in [1.29, 1.82) is 0 Å². The minimum absolute atomic E-state index is 0.122. The molecule has 0 unspecified atom stereocenters. The normalized spacial score (nSPS) is 14.2. The maximum absolute atomic E-state index is 12.9. The summed E-state index contributed by atoms with van der Waals surface area (Å²) in [7, 11) is -1.98. The molecular weight excluding hydrogens is 388 g/mol. The lowest BCUT2D eigenvalue weighted by Gasteiger charge is -2.18. The van der Waals surface area contributed by atoms with Gasteiger partial charge in [0.2, 0.25) is 5.91 Å². The van der Waals surface area contributed by atoms with Crippen molar-refractivity contribution in [3.8, 4) is 5.75 Å². The van der Waals surface area contributed by atoms with Crippen molar-refractivity contribution in [2.24, 2.45) is 0 Å². The minimum atomic E-state index is -3.58. The molecule has 0 aliphatic carbocycles. The monoisotopic (exact) mass is 410 g/mol. The Hall–Kier alpha value is -3.06. The number of nitrogens with one attached hydrogen (secondary N) is 1. The first-order valence-corrected chi connectivity index (χ1v) is 10.9. The van der Waals surface area contributed by atoms with Gasteiger partial charge in [-0.05, 0) is 30.0 Å². The van der Waals surface area contributed by atoms with E-state index in [1.807, 2.05) is 48.5 Å². The predicted octanol–water partition coefficient (Wildman–Crippen LogP) is 3.45. The van der Waals surface area contributed by atoms with Gasteiger partial charge in [-0.2, -0.15) is 0 Å². The second kappa shape index (κ2) is 7.75. The molecule has 150 valence electrons. The maximum atomic E-state index is 12.9. The number of hydrogen-bond donors (Lipinski definition) is 1. The standard InChI is InChI=1S/C22H22N2O4S/c1-28-19-11-3-2-7-17(19)15-23-21(25)13-6-14-24-18-10-4-8-16-9-5-12-20(22(16)18)29(24,26)27/h2-5,7-12H,6,13-15H2,1H3,(H,23,25). The van der Waals surface area contributed by atoms with E-state index >= 15 is 0 Å². The molecule has 4 rings (SSSR count). The topological polar surface area (TPSA) is 75.7 Å². The lowest BCUT2D eigenvalue weighted by Crippen LogP contribution is -2.30. The van der Waals surface area contributed by atoms with Crippen LogP contribution in [-0.2, 0) is 21.4 Å². The van der Waals surface area contributed by atoms with Gasteiger partial charge in [0.05, 0.1) is 17.7 Å². The maximum Gasteiger partial charge on any atom is 0.265 e. The van der Waals surface area contributed by atoms with Gasteiger partial charge < -0.3 is 10.1 Å². The van der Waals surface area contributed by atoms with Crippen molar-refractivity contribution in [3.63, 3.8) is 0 Å². The van der Waals surface area contributed by atoms with Crippen LogP contribution in [0, 0.1) is 0 Å². The number of methoxy groups -OCH3 is 1. The molecule has 0 radical (unpaired) electrons. The van der Waals surface area contributed by atoms with Crippen molar-refractivity contribution < 1.29 is 17.9 Å². The average molecular weight is 410 g/mol. The molecule has 7 heteroatoms. The highest BCUT2D eigenvalue weighted by Crippen LogP contribution is 2.41. The van der Waals surface area contributed by atoms with Gasteiger partial charge in [-0.1, -0.05) is 42.5 Å². The molecule has 1 aliphatic rings. The lowest BCUT2D eigenvalue weighted by molar-refractivity contribution is -0.121. The number of carbonyl (C=O) groups excluding carboxylic acids is 1. The van der Waals surface area contributed by atoms with Crippen LogP contribution in [0.1, 0.15) is 18.4 Å². The van der Waals surface area contributed by atoms with Gasteiger partial charge in [-0.15, -0.1) is 0 Å². The van der Waals surface area contributed by atoms with Crippen LogP contribution in [0.4, 0.5) is 5.69 Å². The molecule has 3 aromatic carbocycles. The third kappa shape index (κ3) is 3.53. The highest BCUT2D eigenvalue weighted by atomic mass is 32.2. The van der Waals surface area contributed by atoms with Crippen molar-refractivity contribution in [3.05, 3.63) is 66.2 Å². The summed E-state index contributed by atoms with van der Waals surface area (Å²) in [5, 5.41) is 4.53. The van der Waals surface area contributed by atoms with Gasteiger partial charge in [0, 0.05) is 30.5 Å². The number of anilines is 1. The van der Waals surface area contributed by atoms with Crippen molar-refractivity contribution in [1.82, 2.24) is 5.32 Å². The van der Waals surface area contributed by atoms with Crippen molar-refractivity contribution in [2.45, 2.75) is 24.3 Å². The molecule has 0 bridgehead atoms. The molecular formula is C22H22N2O4S. The number of para-hydroxylation sites is 1. The third-order valence-electron chi connectivity index (χ3n) is 5.11. The minimum Gasteiger partial charge on any atom is -0.496 e. The number of ether oxygens (including phenoxy) is 1. The molecule has 3 aromatic rings. The summed E-state index contributed by atoms with van der Waals surface area (Å²) in [5.41, 5.74) is 1.58. The summed E-state index contributed by atoms with van der Waals surface area (Å²) in [6.45, 7) is 0.633. The van der Waals surface area contributed by atoms with Gasteiger partial charge in [-0.3, -0.25) is 9.10 Å². The third-order valence-corrected chi connectivity index (χ3v) is 6.97. The van der Waals surface area contributed by atoms with Crippen LogP contribution >= 0.6 is 0 Å². The Balaban J connectivity index is 1.39. The molecule has 6 nitrogen and oxygen atoms in total. The molecule has 0 spiro atoms. The number of hydrogen-bond acceptors (Lipinski definition) is 4. The van der Waals surface area contributed by atoms with Crippen molar-refractivity contribution in [2.75, 3.05) is 18.0 Å². The van der Waals surface area contributed by atoms with Crippen LogP contribution < -0.4 is 14.4 Å². The molecule has 0 saturated heterocycles. The molecule has 0 saturated carbocycles. The molecule has 29 heavy (non-hydrogen) atoms. The average Bonchev–Trinajstić information content (AvgIpc) is 2.95. The molecule has 1 N–H and O–H groups in total. The summed E-state index contributed by atoms with van der Waals surface area (Å²) in [5.74, 6) is 0.602. The zero-order valence-corrected chi connectivity index (χ0v) is 16.9. The molecule has 0 fully saturated rings. The van der Waals surface area contributed by atoms with E-state index in [1.54, 1.807) is 19.2 Å². The van der Waals surface area contributed by atoms with E-state index in [2.05, 4.69) is 5.32 Å². The highest BCUT2D eigenvalue weighted by molar-refractivity contribution is 7.93. The van der Waals surface area contributed by atoms with Crippen LogP contribution in [0.25, 0.3) is 10.8 Å². The van der Waals surface area contributed by atoms with E-state index in [4.69, 9.17) is 4.74 Å². The molecule has 1 amide bonds. The van der Waals surface area contributed by atoms with Crippen LogP contribution in [0.15, 0.2) is 65.6 Å². The molecule has 1 aliphatic heterocycles. The Kier molecular flexibility index (Phi) is 5.15. The zero-order valence-electron chi connectivity index (χ0n) is 16.1. The fourth-order valence-corrected chi connectivity index (χ4v) is 5.46. The van der Waals surface area contributed by atoms with Gasteiger partial charge in [0.25, 0.3) is 10.0 Å². The summed E-state index contributed by atoms with van der Waals surface area (Å²) >= 11 is 0. The van der Waals surface area contributed by atoms with Crippen LogP contribution in [0.3, 0.4) is 0 Å². The molecule has 0 aromatic heterocycles. The number of amides is 1. The second-order valence-corrected chi connectivity index (χ2v) is 8.73. The van der Waals surface area contributed by atoms with E-state index in [-0.39, 0.29) is 18.9 Å². The quantitative estimate of drug-likeness (QED) is 0.647. The van der Waals surface area contributed by atoms with E-state index in [0.717, 1.165) is 22.1 Å². The van der Waals surface area contributed by atoms with Gasteiger partial charge in [0.1, 0.15) is 5.75 Å². The first-order valence-electron chi connectivity index (χ1n) is 9.45. The summed E-state index contributed by atoms with van der Waals surface area (Å²) in [6.07, 6.45) is 0.675. The Morgan fingerprint density at radius 1 is 1.03 bits per heavy atom. The SMILES string of the molecule is COc1ccccc1CNC(=O)CCCN1c2cccc3cccc(c23)S1(=O)=O. The van der Waals surface area contributed by atoms with E-state index in [0.29, 0.717) is 23.5 Å². The number of benzene rings is 3. The number of sulfonamides is 1. The van der Waals surface area contributed by atoms with E-state index < -0.39 is 10.0 Å². The fourth-order valence-electron chi connectivity index (χ4n) is 3.71. The fraction of sp³-hybridized carbons (Fsp3) is 0.227. The van der Waals surface area contributed by atoms with Crippen LogP contribution in [0.2, 0.25) is 0 Å². The smallest absolute Gasteiger partial charge is 0.265 e. The summed E-state index contributed by atoms with van der Waals surface area (Å²) < 4.78 is 32.6. The Bertz CT molecular complexity index is 1170. The Morgan fingerprint density at radius 3 is 2.59 bits per heavy atom. The Labute approximate surface area is 170 Å². The van der Waals surface area contributed by atoms with Gasteiger partial charge in [-0.25, -0.2) is 8.42 Å². The van der Waals surface area contributed by atoms with Gasteiger partial charge in [0.15, 0.2) is 0 Å². The van der Waals surface area contributed by atoms with Crippen LogP contribution in [0.5, 0.6) is 5.75 Å². The summed E-state index contributed by atoms with van der Waals surface area (Å²) in [4.78, 5) is 12.6.